The summed E-state index contributed by atoms with van der Waals surface area (Å²) in [5.74, 6) is 0.293. The smallest absolute Gasteiger partial charge is 0.150 e. The standard InChI is InChI=1S/C23H29NO2/c1-3-5-15-24(16-6-4-2)22-14-13-21(23(26)17-22)12-11-19-7-9-20(18-25)10-8-19/h7-14,17-18,26H,3-6,15-16H2,1-2H3/b12-11+. The average molecular weight is 351 g/mol. The van der Waals surface area contributed by atoms with Crippen LogP contribution in [0.3, 0.4) is 0 Å². The number of nitrogens with zero attached hydrogens (tertiary/aromatic N) is 1. The topological polar surface area (TPSA) is 40.5 Å². The minimum Gasteiger partial charge on any atom is -0.507 e. The molecule has 2 aromatic rings. The molecule has 0 fully saturated rings. The molecule has 3 nitrogen and oxygen atoms in total. The lowest BCUT2D eigenvalue weighted by molar-refractivity contribution is 0.112. The first kappa shape index (κ1) is 19.8. The molecule has 0 aromatic heterocycles. The van der Waals surface area contributed by atoms with Gasteiger partial charge < -0.3 is 10.0 Å². The molecule has 26 heavy (non-hydrogen) atoms. The normalized spacial score (nSPS) is 11.0. The van der Waals surface area contributed by atoms with Gasteiger partial charge in [-0.15, -0.1) is 0 Å². The van der Waals surface area contributed by atoms with Crippen molar-refractivity contribution in [1.29, 1.82) is 0 Å². The second kappa shape index (κ2) is 10.4. The quantitative estimate of drug-likeness (QED) is 0.435. The third-order valence-electron chi connectivity index (χ3n) is 4.47. The van der Waals surface area contributed by atoms with Crippen molar-refractivity contribution in [2.75, 3.05) is 18.0 Å². The summed E-state index contributed by atoms with van der Waals surface area (Å²) in [6, 6.07) is 13.3. The monoisotopic (exact) mass is 351 g/mol. The van der Waals surface area contributed by atoms with Crippen molar-refractivity contribution in [3.8, 4) is 5.75 Å². The summed E-state index contributed by atoms with van der Waals surface area (Å²) < 4.78 is 0. The second-order valence-electron chi connectivity index (χ2n) is 6.56. The van der Waals surface area contributed by atoms with E-state index in [1.807, 2.05) is 36.4 Å². The van der Waals surface area contributed by atoms with Crippen LogP contribution < -0.4 is 4.90 Å². The minimum atomic E-state index is 0.293. The Morgan fingerprint density at radius 1 is 0.885 bits per heavy atom. The summed E-state index contributed by atoms with van der Waals surface area (Å²) in [6.45, 7) is 6.44. The van der Waals surface area contributed by atoms with Crippen molar-refractivity contribution >= 4 is 24.1 Å². The van der Waals surface area contributed by atoms with Gasteiger partial charge in [-0.05, 0) is 30.5 Å². The predicted octanol–water partition coefficient (Wildman–Crippen LogP) is 5.78. The Balaban J connectivity index is 2.13. The number of rotatable bonds is 10. The zero-order chi connectivity index (χ0) is 18.8. The molecule has 1 N–H and O–H groups in total. The first-order valence-electron chi connectivity index (χ1n) is 9.49. The number of phenolic OH excluding ortho intramolecular Hbond substituents is 1. The summed E-state index contributed by atoms with van der Waals surface area (Å²) in [7, 11) is 0. The molecule has 0 saturated carbocycles. The Kier molecular flexibility index (Phi) is 7.94. The van der Waals surface area contributed by atoms with Gasteiger partial charge in [0.1, 0.15) is 12.0 Å². The van der Waals surface area contributed by atoms with Crippen LogP contribution in [0.25, 0.3) is 12.2 Å². The van der Waals surface area contributed by atoms with Crippen molar-refractivity contribution in [2.24, 2.45) is 0 Å². The molecule has 138 valence electrons. The molecular formula is C23H29NO2. The number of anilines is 1. The highest BCUT2D eigenvalue weighted by Gasteiger charge is 2.08. The molecule has 0 spiro atoms. The maximum atomic E-state index is 10.7. The highest BCUT2D eigenvalue weighted by Crippen LogP contribution is 2.27. The van der Waals surface area contributed by atoms with Gasteiger partial charge in [0.25, 0.3) is 0 Å². The number of phenols is 1. The molecule has 2 rings (SSSR count). The molecule has 0 radical (unpaired) electrons. The first-order chi connectivity index (χ1) is 12.7. The van der Waals surface area contributed by atoms with E-state index in [2.05, 4.69) is 24.8 Å². The number of hydrogen-bond acceptors (Lipinski definition) is 3. The Labute approximate surface area is 157 Å². The largest absolute Gasteiger partial charge is 0.507 e. The third-order valence-corrected chi connectivity index (χ3v) is 4.47. The van der Waals surface area contributed by atoms with Crippen LogP contribution in [0.2, 0.25) is 0 Å². The highest BCUT2D eigenvalue weighted by atomic mass is 16.3. The molecule has 3 heteroatoms. The fraction of sp³-hybridized carbons (Fsp3) is 0.348. The molecule has 0 aliphatic heterocycles. The molecule has 0 saturated heterocycles. The number of carbonyl (C=O) groups is 1. The van der Waals surface area contributed by atoms with Crippen LogP contribution in [0.4, 0.5) is 5.69 Å². The van der Waals surface area contributed by atoms with E-state index in [0.717, 1.165) is 49.0 Å². The Bertz CT molecular complexity index is 711. The van der Waals surface area contributed by atoms with E-state index >= 15 is 0 Å². The van der Waals surface area contributed by atoms with Crippen LogP contribution in [-0.4, -0.2) is 24.5 Å². The van der Waals surface area contributed by atoms with Gasteiger partial charge in [0.2, 0.25) is 0 Å². The van der Waals surface area contributed by atoms with Crippen molar-refractivity contribution in [3.63, 3.8) is 0 Å². The number of carbonyl (C=O) groups excluding carboxylic acids is 1. The van der Waals surface area contributed by atoms with Crippen LogP contribution in [-0.2, 0) is 0 Å². The summed E-state index contributed by atoms with van der Waals surface area (Å²) in [5, 5.41) is 10.4. The molecular weight excluding hydrogens is 322 g/mol. The van der Waals surface area contributed by atoms with Gasteiger partial charge >= 0.3 is 0 Å². The lowest BCUT2D eigenvalue weighted by Gasteiger charge is -2.25. The molecule has 0 aliphatic rings. The number of benzene rings is 2. The Hall–Kier alpha value is -2.55. The van der Waals surface area contributed by atoms with E-state index in [1.54, 1.807) is 12.1 Å². The lowest BCUT2D eigenvalue weighted by atomic mass is 10.1. The van der Waals surface area contributed by atoms with Crippen LogP contribution in [0.15, 0.2) is 42.5 Å². The molecule has 0 amide bonds. The molecule has 2 aromatic carbocycles. The van der Waals surface area contributed by atoms with Gasteiger partial charge in [-0.1, -0.05) is 63.1 Å². The number of hydrogen-bond donors (Lipinski definition) is 1. The number of aldehydes is 1. The van der Waals surface area contributed by atoms with Gasteiger partial charge in [-0.2, -0.15) is 0 Å². The molecule has 0 heterocycles. The SMILES string of the molecule is CCCCN(CCCC)c1ccc(/C=C/c2ccc(C=O)cc2)c(O)c1. The third kappa shape index (κ3) is 5.76. The Morgan fingerprint density at radius 3 is 2.04 bits per heavy atom. The maximum Gasteiger partial charge on any atom is 0.150 e. The van der Waals surface area contributed by atoms with Crippen molar-refractivity contribution < 1.29 is 9.90 Å². The van der Waals surface area contributed by atoms with Crippen LogP contribution in [0, 0.1) is 0 Å². The van der Waals surface area contributed by atoms with E-state index < -0.39 is 0 Å². The summed E-state index contributed by atoms with van der Waals surface area (Å²) in [4.78, 5) is 13.1. The fourth-order valence-corrected chi connectivity index (χ4v) is 2.81. The van der Waals surface area contributed by atoms with E-state index in [4.69, 9.17) is 0 Å². The van der Waals surface area contributed by atoms with Gasteiger partial charge in [0.15, 0.2) is 0 Å². The first-order valence-corrected chi connectivity index (χ1v) is 9.49. The average Bonchev–Trinajstić information content (AvgIpc) is 2.67. The second-order valence-corrected chi connectivity index (χ2v) is 6.56. The predicted molar refractivity (Wildman–Crippen MR) is 111 cm³/mol. The van der Waals surface area contributed by atoms with Gasteiger partial charge in [0, 0.05) is 36.0 Å². The van der Waals surface area contributed by atoms with Gasteiger partial charge in [-0.3, -0.25) is 4.79 Å². The molecule has 0 aliphatic carbocycles. The number of aromatic hydroxyl groups is 1. The summed E-state index contributed by atoms with van der Waals surface area (Å²) >= 11 is 0. The van der Waals surface area contributed by atoms with Crippen molar-refractivity contribution in [1.82, 2.24) is 0 Å². The van der Waals surface area contributed by atoms with E-state index in [0.29, 0.717) is 11.3 Å². The number of unbranched alkanes of at least 4 members (excludes halogenated alkanes) is 2. The lowest BCUT2D eigenvalue weighted by Crippen LogP contribution is -2.25. The molecule has 0 unspecified atom stereocenters. The maximum absolute atomic E-state index is 10.7. The Morgan fingerprint density at radius 2 is 1.50 bits per heavy atom. The minimum absolute atomic E-state index is 0.293. The van der Waals surface area contributed by atoms with Crippen LogP contribution >= 0.6 is 0 Å². The summed E-state index contributed by atoms with van der Waals surface area (Å²) in [5.41, 5.74) is 3.52. The molecule has 0 bridgehead atoms. The van der Waals surface area contributed by atoms with Gasteiger partial charge in [-0.25, -0.2) is 0 Å². The van der Waals surface area contributed by atoms with Crippen molar-refractivity contribution in [3.05, 3.63) is 59.2 Å². The van der Waals surface area contributed by atoms with E-state index in [9.17, 15) is 9.90 Å². The van der Waals surface area contributed by atoms with E-state index in [1.165, 1.54) is 12.8 Å². The fourth-order valence-electron chi connectivity index (χ4n) is 2.81. The van der Waals surface area contributed by atoms with Crippen LogP contribution in [0.1, 0.15) is 61.0 Å². The highest BCUT2D eigenvalue weighted by molar-refractivity contribution is 5.77. The zero-order valence-electron chi connectivity index (χ0n) is 15.8. The summed E-state index contributed by atoms with van der Waals surface area (Å²) in [6.07, 6.45) is 9.32. The van der Waals surface area contributed by atoms with Crippen molar-refractivity contribution in [2.45, 2.75) is 39.5 Å². The van der Waals surface area contributed by atoms with Crippen LogP contribution in [0.5, 0.6) is 5.75 Å². The molecule has 0 atom stereocenters. The zero-order valence-corrected chi connectivity index (χ0v) is 15.8. The van der Waals surface area contributed by atoms with E-state index in [-0.39, 0.29) is 0 Å². The van der Waals surface area contributed by atoms with Gasteiger partial charge in [0.05, 0.1) is 0 Å².